The lowest BCUT2D eigenvalue weighted by Crippen LogP contribution is -2.27. The first-order valence-corrected chi connectivity index (χ1v) is 5.70. The van der Waals surface area contributed by atoms with Crippen molar-refractivity contribution in [2.45, 2.75) is 40.2 Å². The molecule has 0 aliphatic rings. The van der Waals surface area contributed by atoms with Gasteiger partial charge in [0.1, 0.15) is 16.6 Å². The number of aromatic nitrogens is 1. The van der Waals surface area contributed by atoms with Gasteiger partial charge in [0.15, 0.2) is 0 Å². The molecule has 94 valence electrons. The lowest BCUT2D eigenvalue weighted by molar-refractivity contribution is 0.0635. The summed E-state index contributed by atoms with van der Waals surface area (Å²) in [6, 6.07) is 1.75. The van der Waals surface area contributed by atoms with E-state index in [0.29, 0.717) is 11.0 Å². The Balaban J connectivity index is 2.85. The van der Waals surface area contributed by atoms with Crippen LogP contribution in [0.15, 0.2) is 6.07 Å². The van der Waals surface area contributed by atoms with Crippen LogP contribution in [0.25, 0.3) is 0 Å². The van der Waals surface area contributed by atoms with Gasteiger partial charge in [-0.25, -0.2) is 9.78 Å². The Hall–Kier alpha value is -1.29. The van der Waals surface area contributed by atoms with Crippen LogP contribution in [0.4, 0.5) is 10.6 Å². The van der Waals surface area contributed by atoms with Gasteiger partial charge in [0.25, 0.3) is 0 Å². The molecule has 0 bridgehead atoms. The largest absolute Gasteiger partial charge is 0.444 e. The van der Waals surface area contributed by atoms with E-state index in [1.54, 1.807) is 26.8 Å². The van der Waals surface area contributed by atoms with E-state index < -0.39 is 11.7 Å². The number of nitrogens with one attached hydrogen (secondary N) is 1. The number of hydrogen-bond donors (Lipinski definition) is 1. The third kappa shape index (κ3) is 4.23. The SMILES string of the molecule is Cc1cc(Cl)nc(NC(=O)OC(C)(C)C)c1C. The maximum absolute atomic E-state index is 11.6. The highest BCUT2D eigenvalue weighted by Gasteiger charge is 2.17. The van der Waals surface area contributed by atoms with Crippen molar-refractivity contribution in [3.05, 3.63) is 22.3 Å². The van der Waals surface area contributed by atoms with Crippen LogP contribution < -0.4 is 5.32 Å². The molecule has 0 aliphatic heterocycles. The normalized spacial score (nSPS) is 11.2. The van der Waals surface area contributed by atoms with E-state index in [1.807, 2.05) is 13.8 Å². The third-order valence-corrected chi connectivity index (χ3v) is 2.31. The van der Waals surface area contributed by atoms with Crippen molar-refractivity contribution in [1.29, 1.82) is 0 Å². The zero-order chi connectivity index (χ0) is 13.2. The zero-order valence-corrected chi connectivity index (χ0v) is 11.5. The highest BCUT2D eigenvalue weighted by molar-refractivity contribution is 6.29. The maximum atomic E-state index is 11.6. The number of amides is 1. The monoisotopic (exact) mass is 256 g/mol. The van der Waals surface area contributed by atoms with Crippen molar-refractivity contribution in [3.8, 4) is 0 Å². The number of ether oxygens (including phenoxy) is 1. The van der Waals surface area contributed by atoms with Gasteiger partial charge in [-0.05, 0) is 51.8 Å². The fraction of sp³-hybridized carbons (Fsp3) is 0.500. The van der Waals surface area contributed by atoms with Crippen LogP contribution in [0.3, 0.4) is 0 Å². The van der Waals surface area contributed by atoms with Crippen molar-refractivity contribution in [2.75, 3.05) is 5.32 Å². The number of hydrogen-bond acceptors (Lipinski definition) is 3. The Morgan fingerprint density at radius 2 is 2.00 bits per heavy atom. The van der Waals surface area contributed by atoms with Crippen molar-refractivity contribution in [3.63, 3.8) is 0 Å². The number of anilines is 1. The van der Waals surface area contributed by atoms with E-state index in [0.717, 1.165) is 11.1 Å². The fourth-order valence-corrected chi connectivity index (χ4v) is 1.47. The molecule has 1 aromatic rings. The summed E-state index contributed by atoms with van der Waals surface area (Å²) in [5.41, 5.74) is 1.31. The van der Waals surface area contributed by atoms with E-state index in [2.05, 4.69) is 10.3 Å². The van der Waals surface area contributed by atoms with Crippen LogP contribution in [0.1, 0.15) is 31.9 Å². The molecule has 0 spiro atoms. The molecule has 0 radical (unpaired) electrons. The number of halogens is 1. The van der Waals surface area contributed by atoms with Crippen molar-refractivity contribution >= 4 is 23.5 Å². The number of nitrogens with zero attached hydrogens (tertiary/aromatic N) is 1. The smallest absolute Gasteiger partial charge is 0.413 e. The second kappa shape index (κ2) is 4.92. The fourth-order valence-electron chi connectivity index (χ4n) is 1.22. The molecule has 1 N–H and O–H groups in total. The molecule has 4 nitrogen and oxygen atoms in total. The first kappa shape index (κ1) is 13.8. The first-order valence-electron chi connectivity index (χ1n) is 5.33. The lowest BCUT2D eigenvalue weighted by Gasteiger charge is -2.20. The van der Waals surface area contributed by atoms with Gasteiger partial charge in [-0.15, -0.1) is 0 Å². The lowest BCUT2D eigenvalue weighted by atomic mass is 10.2. The number of carbonyl (C=O) groups excluding carboxylic acids is 1. The Kier molecular flexibility index (Phi) is 3.98. The zero-order valence-electron chi connectivity index (χ0n) is 10.7. The Bertz CT molecular complexity index is 439. The summed E-state index contributed by atoms with van der Waals surface area (Å²) in [7, 11) is 0. The third-order valence-electron chi connectivity index (χ3n) is 2.12. The number of pyridine rings is 1. The van der Waals surface area contributed by atoms with Gasteiger partial charge < -0.3 is 4.74 Å². The second-order valence-electron chi connectivity index (χ2n) is 4.86. The number of aryl methyl sites for hydroxylation is 1. The molecule has 0 saturated heterocycles. The molecule has 0 unspecified atom stereocenters. The van der Waals surface area contributed by atoms with Crippen LogP contribution >= 0.6 is 11.6 Å². The van der Waals surface area contributed by atoms with Crippen LogP contribution in [-0.4, -0.2) is 16.7 Å². The van der Waals surface area contributed by atoms with Gasteiger partial charge in [0.05, 0.1) is 0 Å². The Labute approximate surface area is 106 Å². The van der Waals surface area contributed by atoms with Crippen LogP contribution in [0, 0.1) is 13.8 Å². The first-order chi connectivity index (χ1) is 7.69. The minimum absolute atomic E-state index is 0.346. The predicted octanol–water partition coefficient (Wildman–Crippen LogP) is 3.70. The van der Waals surface area contributed by atoms with Crippen molar-refractivity contribution in [1.82, 2.24) is 4.98 Å². The van der Waals surface area contributed by atoms with E-state index in [4.69, 9.17) is 16.3 Å². The molecule has 0 fully saturated rings. The molecule has 0 aliphatic carbocycles. The highest BCUT2D eigenvalue weighted by Crippen LogP contribution is 2.20. The van der Waals surface area contributed by atoms with Gasteiger partial charge in [0, 0.05) is 0 Å². The summed E-state index contributed by atoms with van der Waals surface area (Å²) in [5, 5.41) is 2.94. The minimum Gasteiger partial charge on any atom is -0.444 e. The van der Waals surface area contributed by atoms with E-state index in [-0.39, 0.29) is 0 Å². The summed E-state index contributed by atoms with van der Waals surface area (Å²) in [6.45, 7) is 9.18. The predicted molar refractivity (Wildman–Crippen MR) is 68.6 cm³/mol. The van der Waals surface area contributed by atoms with Crippen molar-refractivity contribution < 1.29 is 9.53 Å². The van der Waals surface area contributed by atoms with Crippen molar-refractivity contribution in [2.24, 2.45) is 0 Å². The molecule has 0 saturated carbocycles. The highest BCUT2D eigenvalue weighted by atomic mass is 35.5. The standard InChI is InChI=1S/C12H17ClN2O2/c1-7-6-9(13)14-10(8(7)2)15-11(16)17-12(3,4)5/h6H,1-5H3,(H,14,15,16). The topological polar surface area (TPSA) is 51.2 Å². The van der Waals surface area contributed by atoms with E-state index in [1.165, 1.54) is 0 Å². The molecule has 0 aromatic carbocycles. The summed E-state index contributed by atoms with van der Waals surface area (Å²) in [5.74, 6) is 0.434. The number of carbonyl (C=O) groups is 1. The molecule has 1 heterocycles. The number of rotatable bonds is 1. The van der Waals surface area contributed by atoms with E-state index >= 15 is 0 Å². The van der Waals surface area contributed by atoms with Gasteiger partial charge in [-0.3, -0.25) is 5.32 Å². The molecular formula is C12H17ClN2O2. The summed E-state index contributed by atoms with van der Waals surface area (Å²) >= 11 is 5.84. The Morgan fingerprint density at radius 1 is 1.41 bits per heavy atom. The quantitative estimate of drug-likeness (QED) is 0.780. The van der Waals surface area contributed by atoms with E-state index in [9.17, 15) is 4.79 Å². The maximum Gasteiger partial charge on any atom is 0.413 e. The molecule has 1 rings (SSSR count). The molecule has 1 aromatic heterocycles. The van der Waals surface area contributed by atoms with Gasteiger partial charge in [-0.1, -0.05) is 11.6 Å². The molecular weight excluding hydrogens is 240 g/mol. The molecule has 0 atom stereocenters. The molecule has 17 heavy (non-hydrogen) atoms. The van der Waals surface area contributed by atoms with Gasteiger partial charge in [-0.2, -0.15) is 0 Å². The van der Waals surface area contributed by atoms with Crippen LogP contribution in [0.5, 0.6) is 0 Å². The average Bonchev–Trinajstić information content (AvgIpc) is 2.10. The minimum atomic E-state index is -0.536. The van der Waals surface area contributed by atoms with Gasteiger partial charge in [0.2, 0.25) is 0 Å². The molecule has 1 amide bonds. The second-order valence-corrected chi connectivity index (χ2v) is 5.25. The summed E-state index contributed by atoms with van der Waals surface area (Å²) < 4.78 is 5.14. The van der Waals surface area contributed by atoms with Gasteiger partial charge >= 0.3 is 6.09 Å². The summed E-state index contributed by atoms with van der Waals surface area (Å²) in [6.07, 6.45) is -0.533. The van der Waals surface area contributed by atoms with Crippen LogP contribution in [0.2, 0.25) is 5.15 Å². The Morgan fingerprint density at radius 3 is 2.53 bits per heavy atom. The molecule has 5 heteroatoms. The average molecular weight is 257 g/mol. The summed E-state index contributed by atoms with van der Waals surface area (Å²) in [4.78, 5) is 15.6. The van der Waals surface area contributed by atoms with Crippen LogP contribution in [-0.2, 0) is 4.74 Å².